The summed E-state index contributed by atoms with van der Waals surface area (Å²) in [5.74, 6) is 0.444. The maximum atomic E-state index is 12.9. The van der Waals surface area contributed by atoms with Crippen molar-refractivity contribution in [3.05, 3.63) is 46.5 Å². The number of aromatic nitrogens is 3. The molecule has 1 aliphatic rings. The largest absolute Gasteiger partial charge is 0.339 e. The molecule has 1 saturated carbocycles. The molecule has 0 N–H and O–H groups in total. The Hall–Kier alpha value is -1.69. The minimum absolute atomic E-state index is 0.0115. The van der Waals surface area contributed by atoms with Crippen LogP contribution < -0.4 is 0 Å². The third-order valence-corrected chi connectivity index (χ3v) is 5.44. The highest BCUT2D eigenvalue weighted by Crippen LogP contribution is 2.64. The van der Waals surface area contributed by atoms with Crippen molar-refractivity contribution in [1.82, 2.24) is 19.7 Å². The molecular weight excluding hydrogens is 356 g/mol. The van der Waals surface area contributed by atoms with Crippen molar-refractivity contribution in [2.75, 3.05) is 7.05 Å². The highest BCUT2D eigenvalue weighted by atomic mass is 79.9. The van der Waals surface area contributed by atoms with Gasteiger partial charge in [-0.25, -0.2) is 0 Å². The van der Waals surface area contributed by atoms with E-state index in [1.165, 1.54) is 5.56 Å². The Morgan fingerprint density at radius 3 is 2.61 bits per heavy atom. The molecule has 0 radical (unpaired) electrons. The summed E-state index contributed by atoms with van der Waals surface area (Å²) >= 11 is 3.49. The number of carbonyl (C=O) groups excluding carboxylic acids is 1. The number of pyridine rings is 1. The van der Waals surface area contributed by atoms with Crippen LogP contribution in [0.4, 0.5) is 0 Å². The molecule has 2 aromatic rings. The number of amides is 1. The number of carbonyl (C=O) groups is 1. The average Bonchev–Trinajstić information content (AvgIpc) is 2.94. The molecule has 2 aromatic heterocycles. The van der Waals surface area contributed by atoms with Crippen molar-refractivity contribution in [2.24, 2.45) is 18.4 Å². The fraction of sp³-hybridized carbons (Fsp3) is 0.471. The van der Waals surface area contributed by atoms with E-state index in [4.69, 9.17) is 0 Å². The molecule has 3 rings (SSSR count). The van der Waals surface area contributed by atoms with Crippen LogP contribution in [-0.4, -0.2) is 32.6 Å². The molecule has 0 unspecified atom stereocenters. The minimum Gasteiger partial charge on any atom is -0.339 e. The van der Waals surface area contributed by atoms with Gasteiger partial charge in [0, 0.05) is 38.6 Å². The van der Waals surface area contributed by atoms with E-state index in [-0.39, 0.29) is 23.2 Å². The number of rotatable bonds is 4. The van der Waals surface area contributed by atoms with Crippen LogP contribution in [0.1, 0.15) is 31.0 Å². The van der Waals surface area contributed by atoms with E-state index < -0.39 is 0 Å². The zero-order chi connectivity index (χ0) is 16.8. The molecule has 0 aliphatic heterocycles. The van der Waals surface area contributed by atoms with E-state index >= 15 is 0 Å². The molecule has 0 bridgehead atoms. The third-order valence-electron chi connectivity index (χ3n) is 4.78. The Balaban J connectivity index is 1.74. The van der Waals surface area contributed by atoms with Crippen molar-refractivity contribution in [3.63, 3.8) is 0 Å². The van der Waals surface area contributed by atoms with Gasteiger partial charge in [-0.2, -0.15) is 5.10 Å². The third kappa shape index (κ3) is 2.92. The second-order valence-electron chi connectivity index (χ2n) is 6.85. The van der Waals surface area contributed by atoms with Gasteiger partial charge >= 0.3 is 0 Å². The van der Waals surface area contributed by atoms with E-state index in [9.17, 15) is 4.79 Å². The molecule has 23 heavy (non-hydrogen) atoms. The van der Waals surface area contributed by atoms with Crippen LogP contribution in [0.25, 0.3) is 0 Å². The van der Waals surface area contributed by atoms with Crippen LogP contribution in [-0.2, 0) is 18.4 Å². The normalized spacial score (nSPS) is 22.0. The van der Waals surface area contributed by atoms with Crippen LogP contribution in [0, 0.1) is 11.3 Å². The predicted molar refractivity (Wildman–Crippen MR) is 91.6 cm³/mol. The molecule has 1 fully saturated rings. The number of hydrogen-bond donors (Lipinski definition) is 0. The maximum absolute atomic E-state index is 12.9. The number of nitrogens with zero attached hydrogens (tertiary/aromatic N) is 4. The monoisotopic (exact) mass is 376 g/mol. The Morgan fingerprint density at radius 2 is 2.04 bits per heavy atom. The summed E-state index contributed by atoms with van der Waals surface area (Å²) in [5.41, 5.74) is 2.05. The average molecular weight is 377 g/mol. The number of hydrogen-bond acceptors (Lipinski definition) is 3. The fourth-order valence-electron chi connectivity index (χ4n) is 3.44. The van der Waals surface area contributed by atoms with E-state index in [0.717, 1.165) is 10.2 Å². The van der Waals surface area contributed by atoms with E-state index in [1.54, 1.807) is 22.0 Å². The van der Waals surface area contributed by atoms with Crippen molar-refractivity contribution in [3.8, 4) is 0 Å². The molecule has 0 saturated heterocycles. The van der Waals surface area contributed by atoms with Gasteiger partial charge in [0.05, 0.1) is 22.6 Å². The molecular formula is C17H21BrN4O. The summed E-state index contributed by atoms with van der Waals surface area (Å²) in [6.07, 6.45) is 5.48. The second-order valence-corrected chi connectivity index (χ2v) is 7.70. The molecule has 2 heterocycles. The van der Waals surface area contributed by atoms with Gasteiger partial charge in [0.1, 0.15) is 0 Å². The summed E-state index contributed by atoms with van der Waals surface area (Å²) in [4.78, 5) is 18.7. The topological polar surface area (TPSA) is 51.0 Å². The van der Waals surface area contributed by atoms with Gasteiger partial charge < -0.3 is 4.90 Å². The van der Waals surface area contributed by atoms with E-state index in [0.29, 0.717) is 6.54 Å². The molecule has 0 spiro atoms. The lowest BCUT2D eigenvalue weighted by Crippen LogP contribution is -2.29. The molecule has 1 aliphatic carbocycles. The summed E-state index contributed by atoms with van der Waals surface area (Å²) in [5, 5.41) is 4.39. The first kappa shape index (κ1) is 16.2. The number of halogens is 1. The zero-order valence-electron chi connectivity index (χ0n) is 13.8. The molecule has 122 valence electrons. The van der Waals surface area contributed by atoms with E-state index in [1.807, 2.05) is 32.4 Å². The van der Waals surface area contributed by atoms with Gasteiger partial charge in [-0.05, 0) is 39.0 Å². The first-order chi connectivity index (χ1) is 10.8. The van der Waals surface area contributed by atoms with Gasteiger partial charge in [0.2, 0.25) is 5.91 Å². The quantitative estimate of drug-likeness (QED) is 0.823. The van der Waals surface area contributed by atoms with Crippen molar-refractivity contribution < 1.29 is 4.79 Å². The Labute approximate surface area is 144 Å². The molecule has 5 nitrogen and oxygen atoms in total. The number of aryl methyl sites for hydroxylation is 1. The summed E-state index contributed by atoms with van der Waals surface area (Å²) in [6, 6.07) is 4.02. The first-order valence-corrected chi connectivity index (χ1v) is 8.44. The van der Waals surface area contributed by atoms with Crippen LogP contribution in [0.2, 0.25) is 0 Å². The van der Waals surface area contributed by atoms with Crippen molar-refractivity contribution in [1.29, 1.82) is 0 Å². The van der Waals surface area contributed by atoms with E-state index in [2.05, 4.69) is 39.9 Å². The lowest BCUT2D eigenvalue weighted by atomic mass is 10.0. The smallest absolute Gasteiger partial charge is 0.226 e. The minimum atomic E-state index is -0.0198. The second kappa shape index (κ2) is 5.74. The van der Waals surface area contributed by atoms with Gasteiger partial charge in [-0.3, -0.25) is 14.5 Å². The Kier molecular flexibility index (Phi) is 4.04. The fourth-order valence-corrected chi connectivity index (χ4v) is 3.95. The van der Waals surface area contributed by atoms with Crippen LogP contribution in [0.15, 0.2) is 35.2 Å². The van der Waals surface area contributed by atoms with Gasteiger partial charge in [0.25, 0.3) is 0 Å². The van der Waals surface area contributed by atoms with Crippen molar-refractivity contribution in [2.45, 2.75) is 26.3 Å². The van der Waals surface area contributed by atoms with Crippen LogP contribution in [0.3, 0.4) is 0 Å². The lowest BCUT2D eigenvalue weighted by Gasteiger charge is -2.17. The standard InChI is InChI=1S/C17H21BrN4O/c1-17(2)14(11-5-7-19-8-6-11)15(17)16(23)21(3)10-13-12(18)9-22(4)20-13/h5-9,14-15H,10H2,1-4H3/t14-,15+/m1/s1. The Morgan fingerprint density at radius 1 is 1.39 bits per heavy atom. The highest BCUT2D eigenvalue weighted by molar-refractivity contribution is 9.10. The lowest BCUT2D eigenvalue weighted by molar-refractivity contribution is -0.132. The molecule has 1 amide bonds. The highest BCUT2D eigenvalue weighted by Gasteiger charge is 2.62. The van der Waals surface area contributed by atoms with Crippen LogP contribution >= 0.6 is 15.9 Å². The zero-order valence-corrected chi connectivity index (χ0v) is 15.4. The van der Waals surface area contributed by atoms with Crippen LogP contribution in [0.5, 0.6) is 0 Å². The summed E-state index contributed by atoms with van der Waals surface area (Å²) in [6.45, 7) is 4.83. The first-order valence-electron chi connectivity index (χ1n) is 7.65. The maximum Gasteiger partial charge on any atom is 0.226 e. The summed E-state index contributed by atoms with van der Waals surface area (Å²) < 4.78 is 2.68. The Bertz CT molecular complexity index is 725. The van der Waals surface area contributed by atoms with Gasteiger partial charge in [-0.1, -0.05) is 13.8 Å². The molecule has 2 atom stereocenters. The molecule has 6 heteroatoms. The van der Waals surface area contributed by atoms with Gasteiger partial charge in [-0.15, -0.1) is 0 Å². The predicted octanol–water partition coefficient (Wildman–Crippen LogP) is 2.98. The summed E-state index contributed by atoms with van der Waals surface area (Å²) in [7, 11) is 3.72. The van der Waals surface area contributed by atoms with Crippen molar-refractivity contribution >= 4 is 21.8 Å². The van der Waals surface area contributed by atoms with Gasteiger partial charge in [0.15, 0.2) is 0 Å². The molecule has 0 aromatic carbocycles. The SMILES string of the molecule is CN(Cc1nn(C)cc1Br)C(=O)[C@@H]1[C@@H](c2ccncc2)C1(C)C.